The Hall–Kier alpha value is -2.30. The van der Waals surface area contributed by atoms with E-state index in [0.29, 0.717) is 12.2 Å². The van der Waals surface area contributed by atoms with Gasteiger partial charge in [0, 0.05) is 26.9 Å². The molecule has 1 N–H and O–H groups in total. The number of halogens is 8. The van der Waals surface area contributed by atoms with E-state index in [9.17, 15) is 48.7 Å². The van der Waals surface area contributed by atoms with Gasteiger partial charge in [-0.2, -0.15) is 26.3 Å². The van der Waals surface area contributed by atoms with E-state index in [-0.39, 0.29) is 26.5 Å². The van der Waals surface area contributed by atoms with Gasteiger partial charge in [0.2, 0.25) is 0 Å². The zero-order valence-electron chi connectivity index (χ0n) is 20.3. The second-order valence-corrected chi connectivity index (χ2v) is 12.6. The fraction of sp³-hybridized carbons (Fsp3) is 0.435. The van der Waals surface area contributed by atoms with E-state index >= 15 is 0 Å². The molecule has 1 unspecified atom stereocenters. The van der Waals surface area contributed by atoms with Crippen LogP contribution < -0.4 is 5.32 Å². The number of rotatable bonds is 6. The number of aliphatic imine (C=N–C) groups is 1. The minimum absolute atomic E-state index is 0.162. The van der Waals surface area contributed by atoms with E-state index < -0.39 is 62.5 Å². The number of sulfone groups is 1. The fourth-order valence-corrected chi connectivity index (χ4v) is 5.89. The summed E-state index contributed by atoms with van der Waals surface area (Å²) in [5.41, 5.74) is -9.23. The lowest BCUT2D eigenvalue weighted by Gasteiger charge is -2.32. The summed E-state index contributed by atoms with van der Waals surface area (Å²) in [6, 6.07) is 4.12. The van der Waals surface area contributed by atoms with Crippen LogP contribution in [0.3, 0.4) is 0 Å². The van der Waals surface area contributed by atoms with E-state index in [1.54, 1.807) is 22.6 Å². The van der Waals surface area contributed by atoms with Crippen molar-refractivity contribution in [3.63, 3.8) is 0 Å². The Morgan fingerprint density at radius 1 is 1.03 bits per heavy atom. The molecule has 0 aliphatic heterocycles. The van der Waals surface area contributed by atoms with Crippen molar-refractivity contribution in [1.82, 2.24) is 5.32 Å². The molecule has 38 heavy (non-hydrogen) atoms. The van der Waals surface area contributed by atoms with Gasteiger partial charge >= 0.3 is 18.0 Å². The van der Waals surface area contributed by atoms with Gasteiger partial charge in [0.05, 0.1) is 22.6 Å². The summed E-state index contributed by atoms with van der Waals surface area (Å²) in [6.07, 6.45) is -10.3. The second-order valence-electron chi connectivity index (χ2n) is 9.31. The van der Waals surface area contributed by atoms with Crippen molar-refractivity contribution in [3.8, 4) is 0 Å². The number of hydrogen-bond acceptors (Lipinski definition) is 4. The van der Waals surface area contributed by atoms with Crippen LogP contribution in [0.15, 0.2) is 47.0 Å². The lowest BCUT2D eigenvalue weighted by Crippen LogP contribution is -2.54. The molecule has 0 bridgehead atoms. The van der Waals surface area contributed by atoms with Crippen molar-refractivity contribution in [2.45, 2.75) is 44.3 Å². The largest absolute Gasteiger partial charge is 0.435 e. The Morgan fingerprint density at radius 2 is 1.58 bits per heavy atom. The van der Waals surface area contributed by atoms with Crippen LogP contribution in [0.1, 0.15) is 41.5 Å². The number of hydrogen-bond donors (Lipinski definition) is 1. The van der Waals surface area contributed by atoms with E-state index in [1.165, 1.54) is 32.0 Å². The Balaban J connectivity index is 2.44. The van der Waals surface area contributed by atoms with Gasteiger partial charge in [-0.15, -0.1) is 0 Å². The Bertz CT molecular complexity index is 1320. The smallest absolute Gasteiger partial charge is 0.346 e. The van der Waals surface area contributed by atoms with Crippen molar-refractivity contribution in [1.29, 1.82) is 0 Å². The highest BCUT2D eigenvalue weighted by atomic mass is 127. The number of alkyl halides is 7. The SMILES string of the molecule is CC1C=C(C(F)(C(F)(F)F)C(F)(F)F)C=CC1=NC(=O)c1cccc(I)c1C(=O)NC(C)(C)CS(C)(=O)=O. The first-order valence-corrected chi connectivity index (χ1v) is 13.8. The molecule has 1 atom stereocenters. The van der Waals surface area contributed by atoms with Gasteiger partial charge in [-0.3, -0.25) is 9.59 Å². The molecule has 0 spiro atoms. The summed E-state index contributed by atoms with van der Waals surface area (Å²) >= 11 is 1.76. The molecule has 0 fully saturated rings. The number of carbonyl (C=O) groups is 2. The lowest BCUT2D eigenvalue weighted by atomic mass is 9.85. The molecule has 1 aliphatic rings. The first-order valence-electron chi connectivity index (χ1n) is 10.6. The number of carbonyl (C=O) groups excluding carboxylic acids is 2. The third-order valence-corrected chi connectivity index (χ3v) is 7.43. The first kappa shape index (κ1) is 31.9. The number of allylic oxidation sites excluding steroid dienone is 4. The van der Waals surface area contributed by atoms with E-state index in [4.69, 9.17) is 0 Å². The summed E-state index contributed by atoms with van der Waals surface area (Å²) < 4.78 is 116. The molecule has 1 aromatic carbocycles. The fourth-order valence-electron chi connectivity index (χ4n) is 3.77. The highest BCUT2D eigenvalue weighted by molar-refractivity contribution is 14.1. The average Bonchev–Trinajstić information content (AvgIpc) is 2.70. The van der Waals surface area contributed by atoms with Crippen LogP contribution in [0.2, 0.25) is 0 Å². The molecule has 0 saturated heterocycles. The van der Waals surface area contributed by atoms with Crippen molar-refractivity contribution in [3.05, 3.63) is 56.7 Å². The second kappa shape index (κ2) is 10.7. The maximum absolute atomic E-state index is 14.4. The summed E-state index contributed by atoms with van der Waals surface area (Å²) in [5, 5.41) is 2.53. The molecular weight excluding hydrogens is 660 g/mol. The van der Waals surface area contributed by atoms with E-state index in [1.807, 2.05) is 0 Å². The van der Waals surface area contributed by atoms with Crippen LogP contribution in [0.25, 0.3) is 0 Å². The van der Waals surface area contributed by atoms with Gasteiger partial charge in [-0.05, 0) is 54.6 Å². The van der Waals surface area contributed by atoms with Crippen molar-refractivity contribution < 1.29 is 48.7 Å². The third kappa shape index (κ3) is 7.01. The molecule has 1 aliphatic carbocycles. The topological polar surface area (TPSA) is 92.7 Å². The molecule has 1 aromatic rings. The molecule has 0 heterocycles. The highest BCUT2D eigenvalue weighted by Gasteiger charge is 2.74. The molecule has 2 amide bonds. The number of nitrogens with one attached hydrogen (secondary N) is 1. The zero-order chi connectivity index (χ0) is 29.5. The van der Waals surface area contributed by atoms with E-state index in [0.717, 1.165) is 13.2 Å². The maximum Gasteiger partial charge on any atom is 0.435 e. The zero-order valence-corrected chi connectivity index (χ0v) is 23.2. The minimum Gasteiger partial charge on any atom is -0.346 e. The highest BCUT2D eigenvalue weighted by Crippen LogP contribution is 2.51. The predicted molar refractivity (Wildman–Crippen MR) is 135 cm³/mol. The van der Waals surface area contributed by atoms with Gasteiger partial charge in [0.25, 0.3) is 11.8 Å². The van der Waals surface area contributed by atoms with Crippen LogP contribution in [-0.4, -0.2) is 61.5 Å². The average molecular weight is 682 g/mol. The number of nitrogens with zero attached hydrogens (tertiary/aromatic N) is 1. The Kier molecular flexibility index (Phi) is 8.98. The maximum atomic E-state index is 14.4. The molecule has 0 radical (unpaired) electrons. The van der Waals surface area contributed by atoms with Crippen LogP contribution >= 0.6 is 22.6 Å². The van der Waals surface area contributed by atoms with Gasteiger partial charge < -0.3 is 5.32 Å². The van der Waals surface area contributed by atoms with Gasteiger partial charge in [-0.25, -0.2) is 17.8 Å². The van der Waals surface area contributed by atoms with Crippen molar-refractivity contribution >= 4 is 50.0 Å². The summed E-state index contributed by atoms with van der Waals surface area (Å²) in [4.78, 5) is 29.7. The molecule has 210 valence electrons. The Labute approximate surface area is 227 Å². The molecule has 2 rings (SSSR count). The van der Waals surface area contributed by atoms with Gasteiger partial charge in [0.15, 0.2) is 0 Å². The van der Waals surface area contributed by atoms with Crippen LogP contribution in [-0.2, 0) is 9.84 Å². The quantitative estimate of drug-likeness (QED) is 0.322. The molecule has 6 nitrogen and oxygen atoms in total. The normalized spacial score (nSPS) is 18.4. The molecular formula is C23H22F7IN2O4S. The number of benzene rings is 1. The van der Waals surface area contributed by atoms with Gasteiger partial charge in [-0.1, -0.05) is 25.1 Å². The predicted octanol–water partition coefficient (Wildman–Crippen LogP) is 5.39. The summed E-state index contributed by atoms with van der Waals surface area (Å²) in [7, 11) is -3.49. The molecule has 0 saturated carbocycles. The van der Waals surface area contributed by atoms with Crippen LogP contribution in [0.5, 0.6) is 0 Å². The van der Waals surface area contributed by atoms with Crippen LogP contribution in [0.4, 0.5) is 30.7 Å². The lowest BCUT2D eigenvalue weighted by molar-refractivity contribution is -0.325. The van der Waals surface area contributed by atoms with Crippen molar-refractivity contribution in [2.24, 2.45) is 10.9 Å². The first-order chi connectivity index (χ1) is 17.0. The third-order valence-electron chi connectivity index (χ3n) is 5.29. The number of amides is 2. The van der Waals surface area contributed by atoms with Crippen LogP contribution in [0, 0.1) is 9.49 Å². The Morgan fingerprint density at radius 3 is 2.05 bits per heavy atom. The standard InChI is InChI=1S/C23H22F7IN2O4S/c1-12-10-13(21(24,22(25,26)27)23(28,29)30)8-9-16(12)32-18(34)14-6-5-7-15(31)17(14)19(35)33-20(2,3)11-38(4,36)37/h5-10,12H,11H2,1-4H3,(H,33,35). The minimum atomic E-state index is -6.29. The van der Waals surface area contributed by atoms with Crippen molar-refractivity contribution in [2.75, 3.05) is 12.0 Å². The molecule has 0 aromatic heterocycles. The molecule has 15 heteroatoms. The summed E-state index contributed by atoms with van der Waals surface area (Å²) in [5.74, 6) is -3.59. The van der Waals surface area contributed by atoms with E-state index in [2.05, 4.69) is 10.3 Å². The monoisotopic (exact) mass is 682 g/mol. The summed E-state index contributed by atoms with van der Waals surface area (Å²) in [6.45, 7) is 4.03. The van der Waals surface area contributed by atoms with Gasteiger partial charge in [0.1, 0.15) is 9.84 Å².